The van der Waals surface area contributed by atoms with Gasteiger partial charge in [-0.05, 0) is 50.3 Å². The molecule has 0 atom stereocenters. The number of benzene rings is 1. The van der Waals surface area contributed by atoms with E-state index in [0.29, 0.717) is 64.2 Å². The van der Waals surface area contributed by atoms with Gasteiger partial charge in [0.05, 0.1) is 4.92 Å². The first-order valence-corrected chi connectivity index (χ1v) is 13.4. The third-order valence-electron chi connectivity index (χ3n) is 7.24. The van der Waals surface area contributed by atoms with Gasteiger partial charge < -0.3 is 19.9 Å². The van der Waals surface area contributed by atoms with Crippen LogP contribution in [-0.4, -0.2) is 59.0 Å². The zero-order valence-electron chi connectivity index (χ0n) is 22.0. The summed E-state index contributed by atoms with van der Waals surface area (Å²) in [5, 5.41) is 14.1. The van der Waals surface area contributed by atoms with E-state index in [9.17, 15) is 28.1 Å². The molecule has 9 nitrogen and oxygen atoms in total. The summed E-state index contributed by atoms with van der Waals surface area (Å²) in [5.74, 6) is 1.54. The summed E-state index contributed by atoms with van der Waals surface area (Å²) in [6, 6.07) is 8.58. The number of hydrogen-bond donors (Lipinski definition) is 1. The number of nitro groups is 1. The quantitative estimate of drug-likeness (QED) is 0.319. The molecule has 2 heterocycles. The minimum absolute atomic E-state index is 0.0667. The lowest BCUT2D eigenvalue weighted by Gasteiger charge is -2.35. The zero-order chi connectivity index (χ0) is 28.0. The number of amides is 1. The monoisotopic (exact) mass is 549 g/mol. The first kappa shape index (κ1) is 28.4. The van der Waals surface area contributed by atoms with Crippen molar-refractivity contribution in [3.8, 4) is 5.88 Å². The highest BCUT2D eigenvalue weighted by Crippen LogP contribution is 2.38. The molecule has 1 aliphatic carbocycles. The van der Waals surface area contributed by atoms with Crippen molar-refractivity contribution in [3.05, 3.63) is 52.1 Å². The first-order chi connectivity index (χ1) is 18.6. The maximum atomic E-state index is 13.3. The molecule has 0 radical (unpaired) electrons. The Morgan fingerprint density at radius 3 is 2.49 bits per heavy atom. The summed E-state index contributed by atoms with van der Waals surface area (Å²) in [5.41, 5.74) is -2.01. The largest absolute Gasteiger partial charge is 0.474 e. The standard InChI is InChI=1S/C27H34F3N5O4/c1-2-3-7-26(36)34-16-14-33(15-17-34)24-5-4-6-25(32-24)39-21-11-8-19(9-12-21)31-20-10-13-23(35(37)38)22(18-20)27(28,29)30/h4-6,10,13,18-19,21,31H,2-3,7-9,11-12,14-17H2,1H3. The van der Waals surface area contributed by atoms with Crippen LogP contribution in [0.15, 0.2) is 36.4 Å². The molecule has 1 N–H and O–H groups in total. The SMILES string of the molecule is CCCCC(=O)N1CCN(c2cccc(OC3CCC(Nc4ccc([N+](=O)[O-])c(C(F)(F)F)c4)CC3)n2)CC1. The summed E-state index contributed by atoms with van der Waals surface area (Å²) in [7, 11) is 0. The second-order valence-electron chi connectivity index (χ2n) is 10.0. The van der Waals surface area contributed by atoms with Crippen LogP contribution < -0.4 is 15.0 Å². The van der Waals surface area contributed by atoms with Gasteiger partial charge in [0.25, 0.3) is 5.69 Å². The summed E-state index contributed by atoms with van der Waals surface area (Å²) < 4.78 is 46.0. The molecule has 0 unspecified atom stereocenters. The Kier molecular flexibility index (Phi) is 9.13. The topological polar surface area (TPSA) is 101 Å². The Bertz CT molecular complexity index is 1150. The second-order valence-corrected chi connectivity index (χ2v) is 10.0. The fraction of sp³-hybridized carbons (Fsp3) is 0.556. The molecule has 2 fully saturated rings. The molecule has 12 heteroatoms. The van der Waals surface area contributed by atoms with Crippen LogP contribution in [0.3, 0.4) is 0 Å². The maximum absolute atomic E-state index is 13.3. The van der Waals surface area contributed by atoms with E-state index in [4.69, 9.17) is 4.74 Å². The van der Waals surface area contributed by atoms with Gasteiger partial charge in [-0.1, -0.05) is 19.4 Å². The van der Waals surface area contributed by atoms with Crippen LogP contribution in [0.1, 0.15) is 57.4 Å². The molecule has 4 rings (SSSR count). The fourth-order valence-corrected chi connectivity index (χ4v) is 5.06. The van der Waals surface area contributed by atoms with Crippen molar-refractivity contribution in [1.82, 2.24) is 9.88 Å². The van der Waals surface area contributed by atoms with E-state index in [1.165, 1.54) is 6.07 Å². The smallest absolute Gasteiger partial charge is 0.423 e. The molecule has 1 aliphatic heterocycles. The van der Waals surface area contributed by atoms with Crippen molar-refractivity contribution in [1.29, 1.82) is 0 Å². The van der Waals surface area contributed by atoms with Gasteiger partial charge in [-0.15, -0.1) is 0 Å². The fourth-order valence-electron chi connectivity index (χ4n) is 5.06. The van der Waals surface area contributed by atoms with E-state index in [-0.39, 0.29) is 23.7 Å². The number of hydrogen-bond acceptors (Lipinski definition) is 7. The second kappa shape index (κ2) is 12.5. The van der Waals surface area contributed by atoms with E-state index in [1.54, 1.807) is 0 Å². The Morgan fingerprint density at radius 1 is 1.13 bits per heavy atom. The van der Waals surface area contributed by atoms with Gasteiger partial charge in [0.2, 0.25) is 11.8 Å². The lowest BCUT2D eigenvalue weighted by Crippen LogP contribution is -2.49. The number of alkyl halides is 3. The number of nitrogens with one attached hydrogen (secondary N) is 1. The van der Waals surface area contributed by atoms with Crippen molar-refractivity contribution in [2.45, 2.75) is 70.2 Å². The van der Waals surface area contributed by atoms with Gasteiger partial charge in [0.15, 0.2) is 0 Å². The maximum Gasteiger partial charge on any atom is 0.423 e. The van der Waals surface area contributed by atoms with Gasteiger partial charge in [-0.25, -0.2) is 0 Å². The summed E-state index contributed by atoms with van der Waals surface area (Å²) in [6.07, 6.45) is 0.374. The first-order valence-electron chi connectivity index (χ1n) is 13.4. The number of ether oxygens (including phenoxy) is 1. The van der Waals surface area contributed by atoms with Crippen LogP contribution in [0.4, 0.5) is 30.4 Å². The third-order valence-corrected chi connectivity index (χ3v) is 7.24. The highest BCUT2D eigenvalue weighted by atomic mass is 19.4. The molecule has 1 aromatic carbocycles. The highest BCUT2D eigenvalue weighted by molar-refractivity contribution is 5.76. The zero-order valence-corrected chi connectivity index (χ0v) is 22.0. The van der Waals surface area contributed by atoms with Crippen molar-refractivity contribution < 1.29 is 27.6 Å². The average Bonchev–Trinajstić information content (AvgIpc) is 2.92. The summed E-state index contributed by atoms with van der Waals surface area (Å²) in [4.78, 5) is 31.0. The van der Waals surface area contributed by atoms with Gasteiger partial charge >= 0.3 is 6.18 Å². The van der Waals surface area contributed by atoms with Crippen molar-refractivity contribution in [3.63, 3.8) is 0 Å². The van der Waals surface area contributed by atoms with Gasteiger partial charge in [0.1, 0.15) is 17.5 Å². The van der Waals surface area contributed by atoms with E-state index in [2.05, 4.69) is 22.1 Å². The Morgan fingerprint density at radius 2 is 1.85 bits per heavy atom. The van der Waals surface area contributed by atoms with Crippen LogP contribution in [-0.2, 0) is 11.0 Å². The molecule has 2 aromatic rings. The number of piperazine rings is 1. The van der Waals surface area contributed by atoms with Gasteiger partial charge in [-0.3, -0.25) is 14.9 Å². The molecule has 2 aliphatic rings. The van der Waals surface area contributed by atoms with Crippen LogP contribution in [0.5, 0.6) is 5.88 Å². The number of carbonyl (C=O) groups excluding carboxylic acids is 1. The number of pyridine rings is 1. The molecule has 212 valence electrons. The predicted octanol–water partition coefficient (Wildman–Crippen LogP) is 5.65. The number of aromatic nitrogens is 1. The number of carbonyl (C=O) groups is 1. The van der Waals surface area contributed by atoms with Crippen molar-refractivity contribution >= 4 is 23.1 Å². The van der Waals surface area contributed by atoms with Crippen molar-refractivity contribution in [2.24, 2.45) is 0 Å². The highest BCUT2D eigenvalue weighted by Gasteiger charge is 2.38. The molecular formula is C27H34F3N5O4. The normalized spacial score (nSPS) is 20.0. The van der Waals surface area contributed by atoms with Gasteiger partial charge in [0, 0.05) is 56.5 Å². The predicted molar refractivity (Wildman–Crippen MR) is 141 cm³/mol. The number of nitro benzene ring substituents is 1. The Labute approximate surface area is 225 Å². The molecule has 0 bridgehead atoms. The molecule has 1 saturated carbocycles. The lowest BCUT2D eigenvalue weighted by molar-refractivity contribution is -0.388. The van der Waals surface area contributed by atoms with E-state index < -0.39 is 22.4 Å². The molecule has 1 aromatic heterocycles. The third kappa shape index (κ3) is 7.51. The van der Waals surface area contributed by atoms with Crippen LogP contribution in [0, 0.1) is 10.1 Å². The molecule has 1 amide bonds. The number of nitrogens with zero attached hydrogens (tertiary/aromatic N) is 4. The number of halogens is 3. The van der Waals surface area contributed by atoms with E-state index in [0.717, 1.165) is 30.8 Å². The van der Waals surface area contributed by atoms with Crippen LogP contribution in [0.2, 0.25) is 0 Å². The van der Waals surface area contributed by atoms with E-state index in [1.807, 2.05) is 23.1 Å². The Balaban J connectivity index is 1.27. The van der Waals surface area contributed by atoms with Crippen LogP contribution >= 0.6 is 0 Å². The van der Waals surface area contributed by atoms with Crippen LogP contribution in [0.25, 0.3) is 0 Å². The minimum atomic E-state index is -4.81. The number of anilines is 2. The minimum Gasteiger partial charge on any atom is -0.474 e. The number of rotatable bonds is 9. The molecule has 1 saturated heterocycles. The Hall–Kier alpha value is -3.57. The van der Waals surface area contributed by atoms with Crippen molar-refractivity contribution in [2.75, 3.05) is 36.4 Å². The molecular weight excluding hydrogens is 515 g/mol. The van der Waals surface area contributed by atoms with E-state index >= 15 is 0 Å². The number of unbranched alkanes of at least 4 members (excludes halogenated alkanes) is 1. The molecule has 0 spiro atoms. The lowest BCUT2D eigenvalue weighted by atomic mass is 9.92. The molecule has 39 heavy (non-hydrogen) atoms. The summed E-state index contributed by atoms with van der Waals surface area (Å²) in [6.45, 7) is 4.84. The van der Waals surface area contributed by atoms with Gasteiger partial charge in [-0.2, -0.15) is 18.2 Å². The average molecular weight is 550 g/mol. The summed E-state index contributed by atoms with van der Waals surface area (Å²) >= 11 is 0.